The van der Waals surface area contributed by atoms with Gasteiger partial charge < -0.3 is 48.9 Å². The number of aryl methyl sites for hydroxylation is 2. The molecule has 0 unspecified atom stereocenters. The van der Waals surface area contributed by atoms with E-state index in [4.69, 9.17) is 28.4 Å². The first kappa shape index (κ1) is 52.0. The molecule has 0 saturated carbocycles. The molecule has 4 amide bonds. The second kappa shape index (κ2) is 25.8. The average Bonchev–Trinajstić information content (AvgIpc) is 3.35. The lowest BCUT2D eigenvalue weighted by molar-refractivity contribution is -0.164. The molecule has 2 atom stereocenters. The molecule has 16 nitrogen and oxygen atoms in total. The number of carbonyl (C=O) groups is 6. The second-order valence-corrected chi connectivity index (χ2v) is 17.3. The largest absolute Gasteiger partial charge is 0.493 e. The van der Waals surface area contributed by atoms with E-state index >= 15 is 0 Å². The van der Waals surface area contributed by atoms with E-state index in [2.05, 4.69) is 10.6 Å². The fourth-order valence-corrected chi connectivity index (χ4v) is 7.95. The van der Waals surface area contributed by atoms with Crippen LogP contribution in [0.5, 0.6) is 17.2 Å². The highest BCUT2D eigenvalue weighted by atomic mass is 16.5. The summed E-state index contributed by atoms with van der Waals surface area (Å²) >= 11 is 0. The number of anilines is 2. The fraction of sp³-hybridized carbons (Fsp3) is 0.529. The van der Waals surface area contributed by atoms with Crippen LogP contribution in [0.4, 0.5) is 11.4 Å². The van der Waals surface area contributed by atoms with Gasteiger partial charge in [0.15, 0.2) is 18.1 Å². The summed E-state index contributed by atoms with van der Waals surface area (Å²) in [6, 6.07) is 17.3. The fourth-order valence-electron chi connectivity index (χ4n) is 7.95. The maximum Gasteiger partial charge on any atom is 0.329 e. The molecule has 0 bridgehead atoms. The molecule has 0 radical (unpaired) electrons. The lowest BCUT2D eigenvalue weighted by atomic mass is 9.84. The minimum absolute atomic E-state index is 0.0798. The number of methoxy groups -OCH3 is 2. The van der Waals surface area contributed by atoms with Crippen molar-refractivity contribution in [2.75, 3.05) is 77.1 Å². The van der Waals surface area contributed by atoms with Gasteiger partial charge in [-0.15, -0.1) is 0 Å². The Morgan fingerprint density at radius 2 is 1.60 bits per heavy atom. The Kier molecular flexibility index (Phi) is 20.0. The summed E-state index contributed by atoms with van der Waals surface area (Å²) < 4.78 is 34.0. The predicted molar refractivity (Wildman–Crippen MR) is 252 cm³/mol. The number of ketones is 1. The lowest BCUT2D eigenvalue weighted by Crippen LogP contribution is -2.53. The van der Waals surface area contributed by atoms with E-state index in [1.54, 1.807) is 52.3 Å². The number of amides is 4. The van der Waals surface area contributed by atoms with Crippen molar-refractivity contribution in [2.24, 2.45) is 5.41 Å². The third-order valence-corrected chi connectivity index (χ3v) is 12.2. The second-order valence-electron chi connectivity index (χ2n) is 17.3. The summed E-state index contributed by atoms with van der Waals surface area (Å²) in [6.07, 6.45) is 4.63. The Bertz CT molecular complexity index is 2180. The standard InChI is InChI=1S/C51H68N4O12/c1-7-47(58)54-26-12-14-36-33-39(19-20-40(36)54)66-34-46(57)52-24-28-65-30-29-64-27-23-45(56)53-38-15-11-13-37(32-38)42(21-17-35-18-22-43(62-5)44(31-35)63-6)67-50(61)41-16-9-10-25-55(41)49(60)48(59)51(3,4)8-2/h11,13,15,18-20,22,31-33,41-42H,7-10,12,14,16-17,21,23-30,34H2,1-6H3,(H,52,57)(H,53,56)/t41-,42+/m0/s1. The molecule has 0 spiro atoms. The molecular formula is C51H68N4O12. The molecular weight excluding hydrogens is 861 g/mol. The molecule has 2 aliphatic rings. The van der Waals surface area contributed by atoms with Crippen molar-refractivity contribution in [1.82, 2.24) is 10.2 Å². The summed E-state index contributed by atoms with van der Waals surface area (Å²) in [5.74, 6) is -0.514. The number of rotatable bonds is 25. The highest BCUT2D eigenvalue weighted by Gasteiger charge is 2.41. The summed E-state index contributed by atoms with van der Waals surface area (Å²) in [5, 5.41) is 5.67. The summed E-state index contributed by atoms with van der Waals surface area (Å²) in [5.41, 5.74) is 3.15. The van der Waals surface area contributed by atoms with E-state index in [9.17, 15) is 28.8 Å². The highest BCUT2D eigenvalue weighted by Crippen LogP contribution is 2.34. The van der Waals surface area contributed by atoms with Crippen molar-refractivity contribution < 1.29 is 57.2 Å². The Morgan fingerprint density at radius 3 is 2.34 bits per heavy atom. The summed E-state index contributed by atoms with van der Waals surface area (Å²) in [7, 11) is 3.13. The molecule has 5 rings (SSSR count). The van der Waals surface area contributed by atoms with Gasteiger partial charge in [0.1, 0.15) is 17.9 Å². The van der Waals surface area contributed by atoms with Gasteiger partial charge in [0.25, 0.3) is 11.8 Å². The number of fused-ring (bicyclic) bond motifs is 1. The van der Waals surface area contributed by atoms with Gasteiger partial charge in [0.2, 0.25) is 17.6 Å². The maximum absolute atomic E-state index is 14.0. The van der Waals surface area contributed by atoms with Gasteiger partial charge in [-0.05, 0) is 111 Å². The zero-order valence-corrected chi connectivity index (χ0v) is 39.9. The molecule has 0 aromatic heterocycles. The molecule has 2 N–H and O–H groups in total. The van der Waals surface area contributed by atoms with E-state index < -0.39 is 35.2 Å². The van der Waals surface area contributed by atoms with Crippen LogP contribution in [0.2, 0.25) is 0 Å². The van der Waals surface area contributed by atoms with E-state index in [-0.39, 0.29) is 70.3 Å². The van der Waals surface area contributed by atoms with Gasteiger partial charge in [-0.2, -0.15) is 0 Å². The third-order valence-electron chi connectivity index (χ3n) is 12.2. The molecule has 3 aromatic rings. The molecule has 364 valence electrons. The third kappa shape index (κ3) is 15.0. The van der Waals surface area contributed by atoms with Crippen molar-refractivity contribution >= 4 is 46.8 Å². The number of nitrogens with one attached hydrogen (secondary N) is 2. The number of carbonyl (C=O) groups excluding carboxylic acids is 6. The monoisotopic (exact) mass is 928 g/mol. The van der Waals surface area contributed by atoms with Crippen molar-refractivity contribution in [3.63, 3.8) is 0 Å². The predicted octanol–water partition coefficient (Wildman–Crippen LogP) is 6.55. The first-order chi connectivity index (χ1) is 32.3. The molecule has 2 aliphatic heterocycles. The molecule has 1 fully saturated rings. The van der Waals surface area contributed by atoms with Gasteiger partial charge in [0, 0.05) is 42.8 Å². The van der Waals surface area contributed by atoms with Crippen LogP contribution in [0.1, 0.15) is 102 Å². The van der Waals surface area contributed by atoms with Crippen LogP contribution < -0.4 is 29.7 Å². The Morgan fingerprint density at radius 1 is 0.821 bits per heavy atom. The number of nitrogens with zero attached hydrogens (tertiary/aromatic N) is 2. The molecule has 2 heterocycles. The maximum atomic E-state index is 14.0. The van der Waals surface area contributed by atoms with Gasteiger partial charge in [-0.3, -0.25) is 24.0 Å². The number of hydrogen-bond donors (Lipinski definition) is 2. The van der Waals surface area contributed by atoms with E-state index in [1.165, 1.54) is 4.90 Å². The average molecular weight is 929 g/mol. The SMILES string of the molecule is CCC(=O)N1CCCc2cc(OCC(=O)NCCOCCOCCC(=O)Nc3cccc([C@@H](CCc4ccc(OC)c(OC)c4)OC(=O)[C@@H]4CCCCN4C(=O)C(=O)C(C)(C)CC)c3)ccc21. The number of benzene rings is 3. The van der Waals surface area contributed by atoms with Gasteiger partial charge in [0.05, 0.1) is 47.1 Å². The number of piperidine rings is 1. The van der Waals surface area contributed by atoms with Crippen LogP contribution in [0.3, 0.4) is 0 Å². The number of hydrogen-bond acceptors (Lipinski definition) is 12. The van der Waals surface area contributed by atoms with Crippen LogP contribution in [0.15, 0.2) is 60.7 Å². The number of Topliss-reactive ketones (excluding diaryl/α,β-unsaturated/α-hetero) is 1. The van der Waals surface area contributed by atoms with Gasteiger partial charge >= 0.3 is 5.97 Å². The van der Waals surface area contributed by atoms with Crippen molar-refractivity contribution in [1.29, 1.82) is 0 Å². The zero-order chi connectivity index (χ0) is 48.3. The van der Waals surface area contributed by atoms with Crippen LogP contribution in [0.25, 0.3) is 0 Å². The van der Waals surface area contributed by atoms with E-state index in [1.807, 2.05) is 55.1 Å². The smallest absolute Gasteiger partial charge is 0.329 e. The first-order valence-corrected chi connectivity index (χ1v) is 23.4. The minimum atomic E-state index is -0.902. The van der Waals surface area contributed by atoms with Crippen LogP contribution in [0, 0.1) is 5.41 Å². The summed E-state index contributed by atoms with van der Waals surface area (Å²) in [4.78, 5) is 81.6. The number of likely N-dealkylation sites (tertiary alicyclic amines) is 1. The van der Waals surface area contributed by atoms with Crippen molar-refractivity contribution in [3.05, 3.63) is 77.4 Å². The van der Waals surface area contributed by atoms with Gasteiger partial charge in [-0.25, -0.2) is 4.79 Å². The van der Waals surface area contributed by atoms with Gasteiger partial charge in [-0.1, -0.05) is 45.9 Å². The van der Waals surface area contributed by atoms with Crippen molar-refractivity contribution in [2.45, 2.75) is 104 Å². The van der Waals surface area contributed by atoms with Crippen LogP contribution >= 0.6 is 0 Å². The first-order valence-electron chi connectivity index (χ1n) is 23.4. The lowest BCUT2D eigenvalue weighted by Gasteiger charge is -2.36. The van der Waals surface area contributed by atoms with E-state index in [0.717, 1.165) is 29.7 Å². The highest BCUT2D eigenvalue weighted by molar-refractivity contribution is 6.38. The minimum Gasteiger partial charge on any atom is -0.493 e. The molecule has 3 aromatic carbocycles. The molecule has 0 aliphatic carbocycles. The van der Waals surface area contributed by atoms with E-state index in [0.29, 0.717) is 80.0 Å². The molecule has 1 saturated heterocycles. The molecule has 16 heteroatoms. The Labute approximate surface area is 394 Å². The van der Waals surface area contributed by atoms with Crippen LogP contribution in [-0.2, 0) is 55.8 Å². The zero-order valence-electron chi connectivity index (χ0n) is 39.9. The topological polar surface area (TPSA) is 188 Å². The number of esters is 1. The number of ether oxygens (including phenoxy) is 6. The Hall–Kier alpha value is -6.00. The summed E-state index contributed by atoms with van der Waals surface area (Å²) in [6.45, 7) is 9.26. The van der Waals surface area contributed by atoms with Crippen molar-refractivity contribution in [3.8, 4) is 17.2 Å². The Balaban J connectivity index is 1.07. The normalized spacial score (nSPS) is 15.2. The quantitative estimate of drug-likeness (QED) is 0.0531. The molecule has 67 heavy (non-hydrogen) atoms. The van der Waals surface area contributed by atoms with Crippen LogP contribution in [-0.4, -0.2) is 113 Å².